The van der Waals surface area contributed by atoms with E-state index in [0.717, 1.165) is 25.5 Å². The van der Waals surface area contributed by atoms with Gasteiger partial charge in [-0.05, 0) is 30.6 Å². The van der Waals surface area contributed by atoms with E-state index in [4.69, 9.17) is 0 Å². The third-order valence-corrected chi connectivity index (χ3v) is 4.98. The molecule has 2 aliphatic rings. The molecule has 2 fully saturated rings. The van der Waals surface area contributed by atoms with Crippen molar-refractivity contribution in [2.45, 2.75) is 46.0 Å². The summed E-state index contributed by atoms with van der Waals surface area (Å²) in [6.45, 7) is 4.31. The highest BCUT2D eigenvalue weighted by Gasteiger charge is 2.63. The Balaban J connectivity index is 2.27. The first-order chi connectivity index (χ1) is 6.54. The van der Waals surface area contributed by atoms with E-state index in [-0.39, 0.29) is 10.8 Å². The van der Waals surface area contributed by atoms with Gasteiger partial charge in [0.15, 0.2) is 0 Å². The molecule has 0 aliphatic heterocycles. The number of carbonyl (C=O) groups is 2. The van der Waals surface area contributed by atoms with Crippen molar-refractivity contribution < 1.29 is 9.59 Å². The quantitative estimate of drug-likeness (QED) is 0.646. The molecule has 78 valence electrons. The van der Waals surface area contributed by atoms with Gasteiger partial charge < -0.3 is 4.79 Å². The first-order valence-electron chi connectivity index (χ1n) is 5.51. The highest BCUT2D eigenvalue weighted by atomic mass is 16.1. The maximum absolute atomic E-state index is 11.8. The zero-order valence-electron chi connectivity index (χ0n) is 9.01. The fraction of sp³-hybridized carbons (Fsp3) is 0.833. The minimum atomic E-state index is -0.124. The Morgan fingerprint density at radius 3 is 2.64 bits per heavy atom. The maximum Gasteiger partial charge on any atom is 0.139 e. The standard InChI is InChI=1S/C12H18O2/c1-11(5-3-7-13)9-4-6-12(11,2)10(14)8-9/h7,9H,3-6,8H2,1-2H3. The number of aldehydes is 1. The fourth-order valence-electron chi connectivity index (χ4n) is 3.59. The molecule has 0 heterocycles. The van der Waals surface area contributed by atoms with E-state index in [9.17, 15) is 9.59 Å². The van der Waals surface area contributed by atoms with Crippen molar-refractivity contribution in [3.05, 3.63) is 0 Å². The van der Waals surface area contributed by atoms with E-state index in [2.05, 4.69) is 13.8 Å². The van der Waals surface area contributed by atoms with Crippen molar-refractivity contribution in [2.75, 3.05) is 0 Å². The molecular formula is C12H18O2. The zero-order valence-corrected chi connectivity index (χ0v) is 9.01. The van der Waals surface area contributed by atoms with Gasteiger partial charge >= 0.3 is 0 Å². The van der Waals surface area contributed by atoms with E-state index >= 15 is 0 Å². The molecule has 0 radical (unpaired) electrons. The number of carbonyl (C=O) groups excluding carboxylic acids is 2. The Bertz CT molecular complexity index is 284. The smallest absolute Gasteiger partial charge is 0.139 e. The average Bonchev–Trinajstić information content (AvgIpc) is 2.50. The topological polar surface area (TPSA) is 34.1 Å². The van der Waals surface area contributed by atoms with Gasteiger partial charge in [0.25, 0.3) is 0 Å². The Labute approximate surface area is 85.1 Å². The van der Waals surface area contributed by atoms with Crippen LogP contribution in [0.4, 0.5) is 0 Å². The van der Waals surface area contributed by atoms with E-state index < -0.39 is 0 Å². The monoisotopic (exact) mass is 194 g/mol. The minimum Gasteiger partial charge on any atom is -0.303 e. The predicted octanol–water partition coefficient (Wildman–Crippen LogP) is 2.36. The lowest BCUT2D eigenvalue weighted by atomic mass is 9.66. The minimum absolute atomic E-state index is 0.102. The molecule has 2 heteroatoms. The third-order valence-electron chi connectivity index (χ3n) is 4.98. The predicted molar refractivity (Wildman–Crippen MR) is 53.9 cm³/mol. The van der Waals surface area contributed by atoms with Gasteiger partial charge in [-0.25, -0.2) is 0 Å². The van der Waals surface area contributed by atoms with Crippen molar-refractivity contribution in [3.63, 3.8) is 0 Å². The molecule has 3 unspecified atom stereocenters. The van der Waals surface area contributed by atoms with E-state index in [1.807, 2.05) is 0 Å². The fourth-order valence-corrected chi connectivity index (χ4v) is 3.59. The van der Waals surface area contributed by atoms with E-state index in [1.165, 1.54) is 6.42 Å². The van der Waals surface area contributed by atoms with Crippen LogP contribution in [0, 0.1) is 16.7 Å². The molecule has 0 amide bonds. The van der Waals surface area contributed by atoms with Gasteiger partial charge in [0, 0.05) is 18.3 Å². The summed E-state index contributed by atoms with van der Waals surface area (Å²) in [7, 11) is 0. The summed E-state index contributed by atoms with van der Waals surface area (Å²) in [5.41, 5.74) is -0.0222. The average molecular weight is 194 g/mol. The van der Waals surface area contributed by atoms with Gasteiger partial charge in [-0.2, -0.15) is 0 Å². The van der Waals surface area contributed by atoms with Crippen LogP contribution in [0.1, 0.15) is 46.0 Å². The molecule has 2 nitrogen and oxygen atoms in total. The third kappa shape index (κ3) is 0.971. The molecule has 0 spiro atoms. The van der Waals surface area contributed by atoms with E-state index in [1.54, 1.807) is 0 Å². The Hall–Kier alpha value is -0.660. The van der Waals surface area contributed by atoms with Crippen molar-refractivity contribution in [2.24, 2.45) is 16.7 Å². The van der Waals surface area contributed by atoms with Crippen LogP contribution in [0.5, 0.6) is 0 Å². The second kappa shape index (κ2) is 2.91. The van der Waals surface area contributed by atoms with Crippen LogP contribution < -0.4 is 0 Å². The zero-order chi connectivity index (χ0) is 10.4. The molecule has 2 bridgehead atoms. The number of fused-ring (bicyclic) bond motifs is 2. The van der Waals surface area contributed by atoms with Gasteiger partial charge in [0.2, 0.25) is 0 Å². The molecule has 0 saturated heterocycles. The first kappa shape index (κ1) is 9.88. The van der Waals surface area contributed by atoms with Crippen LogP contribution in [0.2, 0.25) is 0 Å². The number of Topliss-reactive ketones (excluding diaryl/α,β-unsaturated/α-hetero) is 1. The lowest BCUT2D eigenvalue weighted by molar-refractivity contribution is -0.129. The molecule has 14 heavy (non-hydrogen) atoms. The van der Waals surface area contributed by atoms with Crippen LogP contribution in [-0.2, 0) is 9.59 Å². The maximum atomic E-state index is 11.8. The molecule has 0 N–H and O–H groups in total. The molecule has 0 aromatic heterocycles. The summed E-state index contributed by atoms with van der Waals surface area (Å²) in [4.78, 5) is 22.3. The first-order valence-corrected chi connectivity index (χ1v) is 5.51. The van der Waals surface area contributed by atoms with Gasteiger partial charge in [-0.3, -0.25) is 4.79 Å². The largest absolute Gasteiger partial charge is 0.303 e. The number of ketones is 1. The second-order valence-corrected chi connectivity index (χ2v) is 5.32. The van der Waals surface area contributed by atoms with Crippen molar-refractivity contribution >= 4 is 12.1 Å². The Morgan fingerprint density at radius 1 is 1.50 bits per heavy atom. The van der Waals surface area contributed by atoms with Crippen LogP contribution >= 0.6 is 0 Å². The summed E-state index contributed by atoms with van der Waals surface area (Å²) >= 11 is 0. The van der Waals surface area contributed by atoms with Crippen LogP contribution in [0.3, 0.4) is 0 Å². The number of hydrogen-bond acceptors (Lipinski definition) is 2. The molecular weight excluding hydrogens is 176 g/mol. The van der Waals surface area contributed by atoms with Crippen molar-refractivity contribution in [1.82, 2.24) is 0 Å². The highest BCUT2D eigenvalue weighted by molar-refractivity contribution is 5.89. The highest BCUT2D eigenvalue weighted by Crippen LogP contribution is 2.65. The van der Waals surface area contributed by atoms with Crippen LogP contribution in [0.25, 0.3) is 0 Å². The van der Waals surface area contributed by atoms with Crippen LogP contribution in [-0.4, -0.2) is 12.1 Å². The molecule has 3 atom stereocenters. The summed E-state index contributed by atoms with van der Waals surface area (Å²) in [6.07, 6.45) is 5.45. The molecule has 0 aromatic carbocycles. The summed E-state index contributed by atoms with van der Waals surface area (Å²) in [5, 5.41) is 0. The van der Waals surface area contributed by atoms with Crippen LogP contribution in [0.15, 0.2) is 0 Å². The molecule has 2 rings (SSSR count). The number of rotatable bonds is 3. The van der Waals surface area contributed by atoms with Gasteiger partial charge in [-0.1, -0.05) is 13.8 Å². The lowest BCUT2D eigenvalue weighted by Gasteiger charge is -2.36. The molecule has 2 saturated carbocycles. The van der Waals surface area contributed by atoms with Crippen molar-refractivity contribution in [3.8, 4) is 0 Å². The summed E-state index contributed by atoms with van der Waals surface area (Å²) in [5.74, 6) is 0.974. The van der Waals surface area contributed by atoms with Gasteiger partial charge in [0.1, 0.15) is 12.1 Å². The van der Waals surface area contributed by atoms with E-state index in [0.29, 0.717) is 18.1 Å². The van der Waals surface area contributed by atoms with Gasteiger partial charge in [-0.15, -0.1) is 0 Å². The van der Waals surface area contributed by atoms with Gasteiger partial charge in [0.05, 0.1) is 0 Å². The Kier molecular flexibility index (Phi) is 2.06. The summed E-state index contributed by atoms with van der Waals surface area (Å²) in [6, 6.07) is 0. The van der Waals surface area contributed by atoms with Crippen molar-refractivity contribution in [1.29, 1.82) is 0 Å². The normalized spacial score (nSPS) is 45.9. The molecule has 2 aliphatic carbocycles. The lowest BCUT2D eigenvalue weighted by Crippen LogP contribution is -2.34. The molecule has 0 aromatic rings. The number of hydrogen-bond donors (Lipinski definition) is 0. The SMILES string of the molecule is CC12CCC(CC1=O)C2(C)CCC=O. The summed E-state index contributed by atoms with van der Waals surface area (Å²) < 4.78 is 0. The Morgan fingerprint density at radius 2 is 2.21 bits per heavy atom. The second-order valence-electron chi connectivity index (χ2n) is 5.32.